The fraction of sp³-hybridized carbons (Fsp3) is 1.00. The highest BCUT2D eigenvalue weighted by Gasteiger charge is 2.20. The van der Waals surface area contributed by atoms with Gasteiger partial charge in [0.25, 0.3) is 0 Å². The second-order valence-corrected chi connectivity index (χ2v) is 6.77. The summed E-state index contributed by atoms with van der Waals surface area (Å²) in [7, 11) is -1.35. The van der Waals surface area contributed by atoms with Crippen LogP contribution in [0, 0.1) is 0 Å². The Labute approximate surface area is 99.5 Å². The molecule has 1 aliphatic rings. The zero-order valence-corrected chi connectivity index (χ0v) is 11.2. The third kappa shape index (κ3) is 4.39. The Balaban J connectivity index is 2.34. The lowest BCUT2D eigenvalue weighted by molar-refractivity contribution is 0.388. The predicted molar refractivity (Wildman–Crippen MR) is 67.0 cm³/mol. The average Bonchev–Trinajstić information content (AvgIpc) is 2.28. The molecule has 5 heteroatoms. The first-order valence-corrected chi connectivity index (χ1v) is 7.84. The molecule has 0 aliphatic carbocycles. The van der Waals surface area contributed by atoms with E-state index in [0.717, 1.165) is 25.8 Å². The van der Waals surface area contributed by atoms with Gasteiger partial charge in [-0.25, -0.2) is 12.7 Å². The van der Waals surface area contributed by atoms with E-state index in [0.29, 0.717) is 12.6 Å². The zero-order chi connectivity index (χ0) is 12.0. The van der Waals surface area contributed by atoms with Gasteiger partial charge in [-0.1, -0.05) is 13.3 Å². The Morgan fingerprint density at radius 1 is 1.38 bits per heavy atom. The van der Waals surface area contributed by atoms with Gasteiger partial charge in [-0.15, -0.1) is 0 Å². The molecule has 0 spiro atoms. The standard InChI is InChI=1S/C11H24N2O2S/c1-3-9-13(2)16(14,15)10-7-11-6-4-5-8-12-11/h11-12H,3-10H2,1-2H3. The van der Waals surface area contributed by atoms with Crippen molar-refractivity contribution >= 4 is 10.0 Å². The molecule has 1 heterocycles. The van der Waals surface area contributed by atoms with Crippen LogP contribution in [0.25, 0.3) is 0 Å². The van der Waals surface area contributed by atoms with Gasteiger partial charge >= 0.3 is 0 Å². The molecule has 0 aromatic heterocycles. The van der Waals surface area contributed by atoms with Crippen molar-refractivity contribution in [1.82, 2.24) is 9.62 Å². The minimum Gasteiger partial charge on any atom is -0.314 e. The molecule has 1 unspecified atom stereocenters. The van der Waals surface area contributed by atoms with Gasteiger partial charge in [0, 0.05) is 19.6 Å². The van der Waals surface area contributed by atoms with E-state index in [1.807, 2.05) is 6.92 Å². The van der Waals surface area contributed by atoms with E-state index in [9.17, 15) is 8.42 Å². The number of sulfonamides is 1. The molecule has 1 fully saturated rings. The molecule has 96 valence electrons. The van der Waals surface area contributed by atoms with Crippen molar-refractivity contribution in [3.63, 3.8) is 0 Å². The minimum absolute atomic E-state index is 0.279. The van der Waals surface area contributed by atoms with Gasteiger partial charge in [0.1, 0.15) is 0 Å². The maximum Gasteiger partial charge on any atom is 0.213 e. The minimum atomic E-state index is -3.03. The van der Waals surface area contributed by atoms with Crippen molar-refractivity contribution in [2.45, 2.75) is 45.1 Å². The SMILES string of the molecule is CCCN(C)S(=O)(=O)CCC1CCCCN1. The van der Waals surface area contributed by atoms with Crippen LogP contribution in [-0.4, -0.2) is 44.7 Å². The van der Waals surface area contributed by atoms with Crippen molar-refractivity contribution < 1.29 is 8.42 Å². The van der Waals surface area contributed by atoms with Crippen molar-refractivity contribution in [3.8, 4) is 0 Å². The molecule has 1 atom stereocenters. The maximum atomic E-state index is 11.9. The van der Waals surface area contributed by atoms with Crippen LogP contribution in [0.5, 0.6) is 0 Å². The normalized spacial score (nSPS) is 22.6. The summed E-state index contributed by atoms with van der Waals surface area (Å²) >= 11 is 0. The van der Waals surface area contributed by atoms with Crippen LogP contribution in [-0.2, 0) is 10.0 Å². The van der Waals surface area contributed by atoms with Crippen LogP contribution in [0.15, 0.2) is 0 Å². The van der Waals surface area contributed by atoms with Crippen molar-refractivity contribution in [2.75, 3.05) is 25.9 Å². The molecule has 0 aromatic carbocycles. The van der Waals surface area contributed by atoms with Crippen molar-refractivity contribution in [2.24, 2.45) is 0 Å². The smallest absolute Gasteiger partial charge is 0.213 e. The molecule has 1 N–H and O–H groups in total. The van der Waals surface area contributed by atoms with E-state index in [1.54, 1.807) is 7.05 Å². The van der Waals surface area contributed by atoms with E-state index in [-0.39, 0.29) is 5.75 Å². The van der Waals surface area contributed by atoms with E-state index < -0.39 is 10.0 Å². The quantitative estimate of drug-likeness (QED) is 0.768. The summed E-state index contributed by atoms with van der Waals surface area (Å²) in [6, 6.07) is 0.401. The number of nitrogens with zero attached hydrogens (tertiary/aromatic N) is 1. The molecule has 1 rings (SSSR count). The van der Waals surface area contributed by atoms with E-state index in [1.165, 1.54) is 17.1 Å². The highest BCUT2D eigenvalue weighted by molar-refractivity contribution is 7.89. The summed E-state index contributed by atoms with van der Waals surface area (Å²) in [5.74, 6) is 0.279. The summed E-state index contributed by atoms with van der Waals surface area (Å²) < 4.78 is 25.2. The van der Waals surface area contributed by atoms with Crippen molar-refractivity contribution in [3.05, 3.63) is 0 Å². The fourth-order valence-corrected chi connectivity index (χ4v) is 3.43. The summed E-state index contributed by atoms with van der Waals surface area (Å²) in [6.07, 6.45) is 5.18. The number of nitrogens with one attached hydrogen (secondary N) is 1. The summed E-state index contributed by atoms with van der Waals surface area (Å²) in [5.41, 5.74) is 0. The van der Waals surface area contributed by atoms with Gasteiger partial charge in [-0.3, -0.25) is 0 Å². The number of piperidine rings is 1. The van der Waals surface area contributed by atoms with Crippen LogP contribution in [0.3, 0.4) is 0 Å². The van der Waals surface area contributed by atoms with Gasteiger partial charge in [0.15, 0.2) is 0 Å². The molecular weight excluding hydrogens is 224 g/mol. The Hall–Kier alpha value is -0.130. The molecule has 0 aromatic rings. The number of hydrogen-bond donors (Lipinski definition) is 1. The van der Waals surface area contributed by atoms with Crippen LogP contribution in [0.1, 0.15) is 39.0 Å². The first-order chi connectivity index (χ1) is 7.56. The molecule has 1 saturated heterocycles. The second-order valence-electron chi connectivity index (χ2n) is 4.57. The number of hydrogen-bond acceptors (Lipinski definition) is 3. The lowest BCUT2D eigenvalue weighted by Gasteiger charge is -2.24. The Kier molecular flexibility index (Phi) is 5.72. The largest absolute Gasteiger partial charge is 0.314 e. The molecule has 1 aliphatic heterocycles. The second kappa shape index (κ2) is 6.57. The highest BCUT2D eigenvalue weighted by Crippen LogP contribution is 2.12. The zero-order valence-electron chi connectivity index (χ0n) is 10.4. The van der Waals surface area contributed by atoms with Gasteiger partial charge in [0.2, 0.25) is 10.0 Å². The molecule has 0 radical (unpaired) electrons. The molecule has 4 nitrogen and oxygen atoms in total. The summed E-state index contributed by atoms with van der Waals surface area (Å²) in [6.45, 7) is 3.66. The maximum absolute atomic E-state index is 11.9. The fourth-order valence-electron chi connectivity index (χ4n) is 2.07. The van der Waals surface area contributed by atoms with Gasteiger partial charge in [-0.2, -0.15) is 0 Å². The third-order valence-corrected chi connectivity index (χ3v) is 5.03. The molecule has 0 amide bonds. The third-order valence-electron chi connectivity index (χ3n) is 3.15. The Bertz CT molecular complexity index is 284. The Morgan fingerprint density at radius 3 is 2.69 bits per heavy atom. The lowest BCUT2D eigenvalue weighted by Crippen LogP contribution is -2.37. The van der Waals surface area contributed by atoms with E-state index >= 15 is 0 Å². The predicted octanol–water partition coefficient (Wildman–Crippen LogP) is 1.19. The summed E-state index contributed by atoms with van der Waals surface area (Å²) in [5, 5.41) is 3.38. The van der Waals surface area contributed by atoms with E-state index in [2.05, 4.69) is 5.32 Å². The van der Waals surface area contributed by atoms with Crippen LogP contribution in [0.4, 0.5) is 0 Å². The van der Waals surface area contributed by atoms with E-state index in [4.69, 9.17) is 0 Å². The van der Waals surface area contributed by atoms with Gasteiger partial charge in [-0.05, 0) is 32.2 Å². The topological polar surface area (TPSA) is 49.4 Å². The van der Waals surface area contributed by atoms with Gasteiger partial charge < -0.3 is 5.32 Å². The van der Waals surface area contributed by atoms with Crippen molar-refractivity contribution in [1.29, 1.82) is 0 Å². The van der Waals surface area contributed by atoms with Crippen LogP contribution < -0.4 is 5.32 Å². The Morgan fingerprint density at radius 2 is 2.12 bits per heavy atom. The molecule has 0 bridgehead atoms. The average molecular weight is 248 g/mol. The first kappa shape index (κ1) is 13.9. The number of rotatable bonds is 6. The molecular formula is C11H24N2O2S. The van der Waals surface area contributed by atoms with Gasteiger partial charge in [0.05, 0.1) is 5.75 Å². The first-order valence-electron chi connectivity index (χ1n) is 6.23. The molecule has 16 heavy (non-hydrogen) atoms. The lowest BCUT2D eigenvalue weighted by atomic mass is 10.0. The van der Waals surface area contributed by atoms with Crippen LogP contribution >= 0.6 is 0 Å². The summed E-state index contributed by atoms with van der Waals surface area (Å²) in [4.78, 5) is 0. The monoisotopic (exact) mass is 248 g/mol. The highest BCUT2D eigenvalue weighted by atomic mass is 32.2. The molecule has 0 saturated carbocycles. The van der Waals surface area contributed by atoms with Crippen LogP contribution in [0.2, 0.25) is 0 Å².